The lowest BCUT2D eigenvalue weighted by atomic mass is 9.88. The predicted molar refractivity (Wildman–Crippen MR) is 156 cm³/mol. The van der Waals surface area contributed by atoms with Gasteiger partial charge >= 0.3 is 0 Å². The fourth-order valence-electron chi connectivity index (χ4n) is 5.02. The van der Waals surface area contributed by atoms with E-state index in [2.05, 4.69) is 15.5 Å². The van der Waals surface area contributed by atoms with Crippen LogP contribution in [0.3, 0.4) is 0 Å². The smallest absolute Gasteiger partial charge is 0.252 e. The Morgan fingerprint density at radius 2 is 1.77 bits per heavy atom. The predicted octanol–water partition coefficient (Wildman–Crippen LogP) is 8.28. The number of benzene rings is 3. The summed E-state index contributed by atoms with van der Waals surface area (Å²) >= 11 is 19.0. The summed E-state index contributed by atoms with van der Waals surface area (Å²) < 4.78 is 6.36. The topological polar surface area (TPSA) is 79.9 Å². The molecule has 196 valence electrons. The number of hydrogen-bond donors (Lipinski definition) is 2. The number of nitrogens with one attached hydrogen (secondary N) is 2. The van der Waals surface area contributed by atoms with E-state index < -0.39 is 5.60 Å². The van der Waals surface area contributed by atoms with Crippen molar-refractivity contribution < 1.29 is 9.53 Å². The van der Waals surface area contributed by atoms with Gasteiger partial charge in [-0.15, -0.1) is 0 Å². The zero-order valence-electron chi connectivity index (χ0n) is 21.1. The molecule has 1 atom stereocenters. The molecule has 0 saturated heterocycles. The summed E-state index contributed by atoms with van der Waals surface area (Å²) in [5.41, 5.74) is 4.62. The van der Waals surface area contributed by atoms with Crippen molar-refractivity contribution in [2.75, 3.05) is 0 Å². The minimum atomic E-state index is -0.581. The molecule has 1 aliphatic rings. The maximum absolute atomic E-state index is 13.5. The van der Waals surface area contributed by atoms with E-state index in [9.17, 15) is 4.79 Å². The maximum atomic E-state index is 13.5. The van der Waals surface area contributed by atoms with Crippen LogP contribution in [0.25, 0.3) is 33.3 Å². The van der Waals surface area contributed by atoms with Crippen LogP contribution in [-0.2, 0) is 0 Å². The summed E-state index contributed by atoms with van der Waals surface area (Å²) in [5.74, 6) is 0.241. The average molecular weight is 578 g/mol. The first kappa shape index (κ1) is 25.7. The lowest BCUT2D eigenvalue weighted by Gasteiger charge is -2.37. The van der Waals surface area contributed by atoms with Gasteiger partial charge in [0.1, 0.15) is 5.60 Å². The number of H-pyrrole nitrogens is 1. The summed E-state index contributed by atoms with van der Waals surface area (Å²) in [5, 5.41) is 12.6. The fraction of sp³-hybridized carbons (Fsp3) is 0.167. The van der Waals surface area contributed by atoms with Crippen molar-refractivity contribution in [3.8, 4) is 28.3 Å². The molecule has 5 aromatic rings. The van der Waals surface area contributed by atoms with Crippen molar-refractivity contribution in [2.45, 2.75) is 31.9 Å². The summed E-state index contributed by atoms with van der Waals surface area (Å²) in [6, 6.07) is 20.0. The highest BCUT2D eigenvalue weighted by atomic mass is 35.5. The lowest BCUT2D eigenvalue weighted by molar-refractivity contribution is 0.0573. The van der Waals surface area contributed by atoms with Crippen LogP contribution in [0.5, 0.6) is 5.88 Å². The number of carbonyl (C=O) groups excluding carboxylic acids is 1. The average Bonchev–Trinajstić information content (AvgIpc) is 3.37. The molecule has 0 saturated carbocycles. The van der Waals surface area contributed by atoms with Crippen LogP contribution >= 0.6 is 34.8 Å². The number of fused-ring (bicyclic) bond motifs is 2. The van der Waals surface area contributed by atoms with Gasteiger partial charge in [0.25, 0.3) is 5.91 Å². The first-order chi connectivity index (χ1) is 18.7. The van der Waals surface area contributed by atoms with Gasteiger partial charge in [-0.25, -0.2) is 4.98 Å². The standard InChI is InChI=1S/C30H23Cl3N4O2/c1-30(2)14-26(35-28(38)19-4-3-5-25-23(19)15-34-37-25)22-13-21(16-6-8-17(31)9-7-16)27(36-29(22)39-30)20-11-10-18(32)12-24(20)33/h3-13,15,26H,14H2,1-2H3,(H,34,37)(H,35,38)/t26-/m1/s1. The van der Waals surface area contributed by atoms with E-state index in [4.69, 9.17) is 44.5 Å². The number of pyridine rings is 1. The van der Waals surface area contributed by atoms with Crippen LogP contribution in [0.1, 0.15) is 42.2 Å². The number of ether oxygens (including phenoxy) is 1. The quantitative estimate of drug-likeness (QED) is 0.225. The van der Waals surface area contributed by atoms with Crippen molar-refractivity contribution in [2.24, 2.45) is 0 Å². The lowest BCUT2D eigenvalue weighted by Crippen LogP contribution is -2.41. The number of halogens is 3. The third kappa shape index (κ3) is 4.96. The van der Waals surface area contributed by atoms with Gasteiger partial charge in [-0.05, 0) is 67.9 Å². The Bertz CT molecular complexity index is 1730. The highest BCUT2D eigenvalue weighted by Crippen LogP contribution is 2.45. The van der Waals surface area contributed by atoms with Gasteiger partial charge in [0, 0.05) is 38.5 Å². The van der Waals surface area contributed by atoms with Crippen LogP contribution in [-0.4, -0.2) is 26.7 Å². The summed E-state index contributed by atoms with van der Waals surface area (Å²) in [6.45, 7) is 3.96. The Morgan fingerprint density at radius 3 is 2.54 bits per heavy atom. The normalized spacial score (nSPS) is 16.0. The summed E-state index contributed by atoms with van der Waals surface area (Å²) in [4.78, 5) is 18.5. The number of rotatable bonds is 4. The SMILES string of the molecule is CC1(C)C[C@@H](NC(=O)c2cccc3[nH]ncc23)c2cc(-c3ccc(Cl)cc3)c(-c3ccc(Cl)cc3Cl)nc2O1. The second-order valence-electron chi connectivity index (χ2n) is 10.1. The molecule has 6 rings (SSSR count). The van der Waals surface area contributed by atoms with Gasteiger partial charge in [0.05, 0.1) is 34.0 Å². The van der Waals surface area contributed by atoms with Crippen molar-refractivity contribution in [3.63, 3.8) is 0 Å². The molecule has 0 bridgehead atoms. The van der Waals surface area contributed by atoms with E-state index in [1.807, 2.05) is 62.4 Å². The van der Waals surface area contributed by atoms with Crippen molar-refractivity contribution in [3.05, 3.63) is 99.1 Å². The van der Waals surface area contributed by atoms with Crippen LogP contribution in [0.15, 0.2) is 72.9 Å². The molecule has 0 aliphatic carbocycles. The molecule has 1 amide bonds. The number of nitrogens with zero attached hydrogens (tertiary/aromatic N) is 2. The molecule has 2 aromatic heterocycles. The highest BCUT2D eigenvalue weighted by molar-refractivity contribution is 6.36. The molecule has 0 spiro atoms. The van der Waals surface area contributed by atoms with E-state index in [0.29, 0.717) is 44.2 Å². The summed E-state index contributed by atoms with van der Waals surface area (Å²) in [6.07, 6.45) is 2.21. The molecule has 1 aliphatic heterocycles. The molecule has 9 heteroatoms. The second-order valence-corrected chi connectivity index (χ2v) is 11.4. The molecular formula is C30H23Cl3N4O2. The van der Waals surface area contributed by atoms with Gasteiger partial charge in [-0.1, -0.05) is 53.0 Å². The summed E-state index contributed by atoms with van der Waals surface area (Å²) in [7, 11) is 0. The van der Waals surface area contributed by atoms with Crippen LogP contribution in [0, 0.1) is 0 Å². The Hall–Kier alpha value is -3.58. The van der Waals surface area contributed by atoms with Crippen LogP contribution < -0.4 is 10.1 Å². The number of hydrogen-bond acceptors (Lipinski definition) is 4. The van der Waals surface area contributed by atoms with E-state index in [1.54, 1.807) is 24.4 Å². The molecule has 0 radical (unpaired) electrons. The largest absolute Gasteiger partial charge is 0.471 e. The minimum absolute atomic E-state index is 0.200. The molecular weight excluding hydrogens is 555 g/mol. The van der Waals surface area contributed by atoms with Gasteiger partial charge in [-0.2, -0.15) is 5.10 Å². The molecule has 3 heterocycles. The molecule has 3 aromatic carbocycles. The molecule has 39 heavy (non-hydrogen) atoms. The van der Waals surface area contributed by atoms with Crippen LogP contribution in [0.4, 0.5) is 0 Å². The van der Waals surface area contributed by atoms with Crippen molar-refractivity contribution >= 4 is 51.6 Å². The first-order valence-corrected chi connectivity index (χ1v) is 13.5. The zero-order chi connectivity index (χ0) is 27.3. The Balaban J connectivity index is 1.49. The van der Waals surface area contributed by atoms with E-state index in [0.717, 1.165) is 27.6 Å². The number of carbonyl (C=O) groups is 1. The maximum Gasteiger partial charge on any atom is 0.252 e. The van der Waals surface area contributed by atoms with Gasteiger partial charge in [0.2, 0.25) is 5.88 Å². The van der Waals surface area contributed by atoms with E-state index >= 15 is 0 Å². The number of amides is 1. The molecule has 0 fully saturated rings. The van der Waals surface area contributed by atoms with Gasteiger partial charge < -0.3 is 10.1 Å². The van der Waals surface area contributed by atoms with E-state index in [1.165, 1.54) is 0 Å². The van der Waals surface area contributed by atoms with Gasteiger partial charge in [0.15, 0.2) is 0 Å². The number of aromatic nitrogens is 3. The minimum Gasteiger partial charge on any atom is -0.471 e. The third-order valence-corrected chi connectivity index (χ3v) is 7.64. The Morgan fingerprint density at radius 1 is 1.00 bits per heavy atom. The molecule has 0 unspecified atom stereocenters. The Kier molecular flexibility index (Phi) is 6.50. The molecule has 2 N–H and O–H groups in total. The van der Waals surface area contributed by atoms with Crippen molar-refractivity contribution in [1.82, 2.24) is 20.5 Å². The fourth-order valence-corrected chi connectivity index (χ4v) is 5.64. The second kappa shape index (κ2) is 9.87. The van der Waals surface area contributed by atoms with E-state index in [-0.39, 0.29) is 11.9 Å². The monoisotopic (exact) mass is 576 g/mol. The zero-order valence-corrected chi connectivity index (χ0v) is 23.3. The molecule has 6 nitrogen and oxygen atoms in total. The first-order valence-electron chi connectivity index (χ1n) is 12.4. The highest BCUT2D eigenvalue weighted by Gasteiger charge is 2.37. The Labute approximate surface area is 240 Å². The number of aromatic amines is 1. The van der Waals surface area contributed by atoms with Gasteiger partial charge in [-0.3, -0.25) is 9.89 Å². The van der Waals surface area contributed by atoms with Crippen molar-refractivity contribution in [1.29, 1.82) is 0 Å². The third-order valence-electron chi connectivity index (χ3n) is 6.84. The van der Waals surface area contributed by atoms with Crippen LogP contribution in [0.2, 0.25) is 15.1 Å².